The molecule has 0 bridgehead atoms. The average Bonchev–Trinajstić information content (AvgIpc) is 3.30. The van der Waals surface area contributed by atoms with Gasteiger partial charge in [0.2, 0.25) is 0 Å². The molecular formula is C25H16N2S. The smallest absolute Gasteiger partial charge is 0.195 e. The van der Waals surface area contributed by atoms with E-state index in [-0.39, 0.29) is 0 Å². The first-order valence-corrected chi connectivity index (χ1v) is 10.1. The lowest BCUT2D eigenvalue weighted by molar-refractivity contribution is 1.35. The second kappa shape index (κ2) is 6.04. The van der Waals surface area contributed by atoms with Crippen LogP contribution in [0, 0.1) is 0 Å². The summed E-state index contributed by atoms with van der Waals surface area (Å²) in [5.41, 5.74) is 8.41. The van der Waals surface area contributed by atoms with Crippen molar-refractivity contribution >= 4 is 37.5 Å². The number of hydrogen-bond acceptors (Lipinski definition) is 2. The van der Waals surface area contributed by atoms with E-state index in [9.17, 15) is 0 Å². The maximum atomic E-state index is 4.83. The molecule has 4 aromatic carbocycles. The van der Waals surface area contributed by atoms with Crippen LogP contribution < -0.4 is 0 Å². The lowest BCUT2D eigenvalue weighted by atomic mass is 9.99. The molecule has 0 aliphatic heterocycles. The summed E-state index contributed by atoms with van der Waals surface area (Å²) in [6.07, 6.45) is 0. The van der Waals surface area contributed by atoms with Gasteiger partial charge in [-0.05, 0) is 41.0 Å². The van der Waals surface area contributed by atoms with E-state index < -0.39 is 0 Å². The second-order valence-electron chi connectivity index (χ2n) is 6.92. The van der Waals surface area contributed by atoms with E-state index in [4.69, 9.17) is 4.98 Å². The van der Waals surface area contributed by atoms with E-state index in [0.29, 0.717) is 0 Å². The number of rotatable bonds is 2. The van der Waals surface area contributed by atoms with E-state index in [1.165, 1.54) is 38.0 Å². The number of benzene rings is 4. The Labute approximate surface area is 166 Å². The molecule has 132 valence electrons. The van der Waals surface area contributed by atoms with Crippen LogP contribution in [0.4, 0.5) is 0 Å². The van der Waals surface area contributed by atoms with Crippen LogP contribution in [0.25, 0.3) is 48.5 Å². The standard InChI is InChI=1S/C25H16N2S/c1-2-8-17(9-3-1)18-10-6-11-19(16-18)20-12-7-15-23-24(20)28-25-26-21-13-4-5-14-22(21)27(23)25/h1-16H. The molecule has 3 heteroatoms. The number of para-hydroxylation sites is 2. The molecule has 0 atom stereocenters. The van der Waals surface area contributed by atoms with Crippen molar-refractivity contribution in [2.75, 3.05) is 0 Å². The summed E-state index contributed by atoms with van der Waals surface area (Å²) in [6, 6.07) is 34.2. The molecule has 2 nitrogen and oxygen atoms in total. The lowest BCUT2D eigenvalue weighted by Gasteiger charge is -2.07. The minimum atomic E-state index is 1.04. The minimum absolute atomic E-state index is 1.04. The topological polar surface area (TPSA) is 17.3 Å². The van der Waals surface area contributed by atoms with Crippen LogP contribution in [0.15, 0.2) is 97.1 Å². The summed E-state index contributed by atoms with van der Waals surface area (Å²) in [7, 11) is 0. The Morgan fingerprint density at radius 1 is 0.607 bits per heavy atom. The number of fused-ring (bicyclic) bond motifs is 5. The molecule has 2 heterocycles. The van der Waals surface area contributed by atoms with Gasteiger partial charge < -0.3 is 0 Å². The zero-order valence-corrected chi connectivity index (χ0v) is 15.9. The molecule has 6 aromatic rings. The van der Waals surface area contributed by atoms with Crippen LogP contribution in [-0.2, 0) is 0 Å². The Bertz CT molecular complexity index is 1460. The molecular weight excluding hydrogens is 360 g/mol. The summed E-state index contributed by atoms with van der Waals surface area (Å²) in [5, 5.41) is 0. The van der Waals surface area contributed by atoms with Crippen LogP contribution >= 0.6 is 11.3 Å². The van der Waals surface area contributed by atoms with E-state index in [1.807, 2.05) is 6.07 Å². The van der Waals surface area contributed by atoms with Gasteiger partial charge in [-0.2, -0.15) is 0 Å². The normalized spacial score (nSPS) is 11.6. The predicted octanol–water partition coefficient (Wildman–Crippen LogP) is 7.04. The van der Waals surface area contributed by atoms with Crippen molar-refractivity contribution < 1.29 is 0 Å². The second-order valence-corrected chi connectivity index (χ2v) is 7.90. The van der Waals surface area contributed by atoms with Gasteiger partial charge in [0.25, 0.3) is 0 Å². The SMILES string of the molecule is c1ccc(-c2cccc(-c3cccc4c3sc3nc5ccccc5n34)c2)cc1. The molecule has 0 aliphatic rings. The van der Waals surface area contributed by atoms with Gasteiger partial charge >= 0.3 is 0 Å². The Morgan fingerprint density at radius 3 is 2.25 bits per heavy atom. The summed E-state index contributed by atoms with van der Waals surface area (Å²) in [5.74, 6) is 0. The quantitative estimate of drug-likeness (QED) is 0.317. The summed E-state index contributed by atoms with van der Waals surface area (Å²) in [6.45, 7) is 0. The van der Waals surface area contributed by atoms with Gasteiger partial charge in [-0.15, -0.1) is 0 Å². The van der Waals surface area contributed by atoms with Crippen LogP contribution in [-0.4, -0.2) is 9.38 Å². The van der Waals surface area contributed by atoms with Gasteiger partial charge in [0.05, 0.1) is 21.3 Å². The Kier molecular flexibility index (Phi) is 3.37. The molecule has 0 saturated heterocycles. The largest absolute Gasteiger partial charge is 0.283 e. The van der Waals surface area contributed by atoms with E-state index >= 15 is 0 Å². The number of aromatic nitrogens is 2. The Morgan fingerprint density at radius 2 is 1.32 bits per heavy atom. The molecule has 0 N–H and O–H groups in total. The van der Waals surface area contributed by atoms with Crippen molar-refractivity contribution in [3.05, 3.63) is 97.1 Å². The van der Waals surface area contributed by atoms with Crippen LogP contribution in [0.1, 0.15) is 0 Å². The zero-order chi connectivity index (χ0) is 18.5. The fourth-order valence-corrected chi connectivity index (χ4v) is 5.10. The van der Waals surface area contributed by atoms with Gasteiger partial charge in [0.15, 0.2) is 4.96 Å². The van der Waals surface area contributed by atoms with E-state index in [1.54, 1.807) is 11.3 Å². The molecule has 0 saturated carbocycles. The summed E-state index contributed by atoms with van der Waals surface area (Å²) in [4.78, 5) is 5.88. The molecule has 0 radical (unpaired) electrons. The van der Waals surface area contributed by atoms with Gasteiger partial charge in [-0.3, -0.25) is 4.40 Å². The summed E-state index contributed by atoms with van der Waals surface area (Å²) >= 11 is 1.76. The summed E-state index contributed by atoms with van der Waals surface area (Å²) < 4.78 is 3.56. The fourth-order valence-electron chi connectivity index (χ4n) is 3.93. The van der Waals surface area contributed by atoms with Crippen molar-refractivity contribution in [1.82, 2.24) is 9.38 Å². The van der Waals surface area contributed by atoms with Crippen molar-refractivity contribution in [2.24, 2.45) is 0 Å². The lowest BCUT2D eigenvalue weighted by Crippen LogP contribution is -1.84. The number of hydrogen-bond donors (Lipinski definition) is 0. The molecule has 0 aliphatic carbocycles. The van der Waals surface area contributed by atoms with Gasteiger partial charge in [-0.1, -0.05) is 84.1 Å². The first-order chi connectivity index (χ1) is 13.9. The Hall–Kier alpha value is -3.43. The number of imidazole rings is 1. The highest BCUT2D eigenvalue weighted by atomic mass is 32.1. The zero-order valence-electron chi connectivity index (χ0n) is 15.0. The first-order valence-electron chi connectivity index (χ1n) is 9.33. The average molecular weight is 376 g/mol. The molecule has 2 aromatic heterocycles. The third-order valence-electron chi connectivity index (χ3n) is 5.24. The van der Waals surface area contributed by atoms with Gasteiger partial charge in [-0.25, -0.2) is 4.98 Å². The van der Waals surface area contributed by atoms with E-state index in [0.717, 1.165) is 10.5 Å². The molecule has 0 fully saturated rings. The molecule has 0 spiro atoms. The fraction of sp³-hybridized carbons (Fsp3) is 0. The number of thiazole rings is 1. The first kappa shape index (κ1) is 15.6. The highest BCUT2D eigenvalue weighted by Gasteiger charge is 2.14. The van der Waals surface area contributed by atoms with Crippen molar-refractivity contribution in [3.8, 4) is 22.3 Å². The van der Waals surface area contributed by atoms with Crippen molar-refractivity contribution in [2.45, 2.75) is 0 Å². The highest BCUT2D eigenvalue weighted by Crippen LogP contribution is 2.37. The molecule has 0 unspecified atom stereocenters. The molecule has 28 heavy (non-hydrogen) atoms. The van der Waals surface area contributed by atoms with Gasteiger partial charge in [0, 0.05) is 5.56 Å². The van der Waals surface area contributed by atoms with Gasteiger partial charge in [0.1, 0.15) is 0 Å². The monoisotopic (exact) mass is 376 g/mol. The van der Waals surface area contributed by atoms with Crippen molar-refractivity contribution in [1.29, 1.82) is 0 Å². The maximum absolute atomic E-state index is 4.83. The highest BCUT2D eigenvalue weighted by molar-refractivity contribution is 7.24. The third kappa shape index (κ3) is 2.30. The molecule has 6 rings (SSSR count). The van der Waals surface area contributed by atoms with E-state index in [2.05, 4.69) is 95.4 Å². The third-order valence-corrected chi connectivity index (χ3v) is 6.33. The predicted molar refractivity (Wildman–Crippen MR) is 119 cm³/mol. The van der Waals surface area contributed by atoms with Crippen LogP contribution in [0.2, 0.25) is 0 Å². The van der Waals surface area contributed by atoms with Crippen molar-refractivity contribution in [3.63, 3.8) is 0 Å². The Balaban J connectivity index is 1.60. The minimum Gasteiger partial charge on any atom is -0.283 e. The van der Waals surface area contributed by atoms with Crippen LogP contribution in [0.5, 0.6) is 0 Å². The molecule has 0 amide bonds. The van der Waals surface area contributed by atoms with Crippen LogP contribution in [0.3, 0.4) is 0 Å². The number of nitrogens with zero attached hydrogens (tertiary/aromatic N) is 2. The maximum Gasteiger partial charge on any atom is 0.195 e.